The molecule has 0 aromatic heterocycles. The smallest absolute Gasteiger partial charge is 0.270 e. The van der Waals surface area contributed by atoms with Crippen molar-refractivity contribution in [3.8, 4) is 0 Å². The Labute approximate surface area is 120 Å². The van der Waals surface area contributed by atoms with E-state index in [-0.39, 0.29) is 28.7 Å². The number of nitrogens with one attached hydrogen (secondary N) is 1. The second-order valence-corrected chi connectivity index (χ2v) is 4.42. The highest BCUT2D eigenvalue weighted by Gasteiger charge is 2.16. The number of nitro groups is 1. The van der Waals surface area contributed by atoms with Gasteiger partial charge in [-0.1, -0.05) is 11.6 Å². The zero-order valence-corrected chi connectivity index (χ0v) is 11.8. The van der Waals surface area contributed by atoms with Crippen molar-refractivity contribution in [2.75, 3.05) is 20.1 Å². The predicted molar refractivity (Wildman–Crippen MR) is 73.8 cm³/mol. The fourth-order valence-corrected chi connectivity index (χ4v) is 1.62. The van der Waals surface area contributed by atoms with Crippen molar-refractivity contribution < 1.29 is 14.5 Å². The Kier molecular flexibility index (Phi) is 5.45. The fraction of sp³-hybridized carbons (Fsp3) is 0.333. The highest BCUT2D eigenvalue weighted by Crippen LogP contribution is 2.22. The molecule has 7 nitrogen and oxygen atoms in total. The molecular weight excluding hydrogens is 286 g/mol. The van der Waals surface area contributed by atoms with Gasteiger partial charge in [-0.25, -0.2) is 0 Å². The first-order chi connectivity index (χ1) is 9.36. The zero-order chi connectivity index (χ0) is 15.3. The number of benzene rings is 1. The van der Waals surface area contributed by atoms with Crippen molar-refractivity contribution in [1.29, 1.82) is 0 Å². The number of rotatable bonds is 5. The van der Waals surface area contributed by atoms with Gasteiger partial charge in [-0.3, -0.25) is 19.7 Å². The SMILES string of the molecule is CCN(C)C(=O)CNC(=O)c1ccc([N+](=O)[O-])cc1Cl. The van der Waals surface area contributed by atoms with Crippen molar-refractivity contribution in [1.82, 2.24) is 10.2 Å². The molecule has 1 rings (SSSR count). The van der Waals surface area contributed by atoms with Crippen molar-refractivity contribution in [2.45, 2.75) is 6.92 Å². The molecule has 0 atom stereocenters. The van der Waals surface area contributed by atoms with Gasteiger partial charge >= 0.3 is 0 Å². The number of carbonyl (C=O) groups excluding carboxylic acids is 2. The first-order valence-corrected chi connectivity index (χ1v) is 6.20. The maximum atomic E-state index is 11.8. The number of hydrogen-bond acceptors (Lipinski definition) is 4. The van der Waals surface area contributed by atoms with Crippen molar-refractivity contribution in [3.63, 3.8) is 0 Å². The van der Waals surface area contributed by atoms with E-state index < -0.39 is 10.8 Å². The highest BCUT2D eigenvalue weighted by atomic mass is 35.5. The molecule has 0 fully saturated rings. The van der Waals surface area contributed by atoms with Crippen LogP contribution in [-0.2, 0) is 4.79 Å². The van der Waals surface area contributed by atoms with Gasteiger partial charge in [0.25, 0.3) is 11.6 Å². The van der Waals surface area contributed by atoms with Crippen LogP contribution in [0.15, 0.2) is 18.2 Å². The number of non-ortho nitro benzene ring substituents is 1. The number of likely N-dealkylation sites (N-methyl/N-ethyl adjacent to an activating group) is 1. The van der Waals surface area contributed by atoms with E-state index in [2.05, 4.69) is 5.32 Å². The van der Waals surface area contributed by atoms with E-state index in [4.69, 9.17) is 11.6 Å². The van der Waals surface area contributed by atoms with Crippen molar-refractivity contribution in [2.24, 2.45) is 0 Å². The van der Waals surface area contributed by atoms with Crippen LogP contribution in [0.3, 0.4) is 0 Å². The molecule has 0 saturated carbocycles. The van der Waals surface area contributed by atoms with Gasteiger partial charge in [-0.2, -0.15) is 0 Å². The summed E-state index contributed by atoms with van der Waals surface area (Å²) in [5, 5.41) is 12.9. The van der Waals surface area contributed by atoms with Gasteiger partial charge in [0.05, 0.1) is 22.1 Å². The molecule has 1 aromatic carbocycles. The molecule has 108 valence electrons. The Balaban J connectivity index is 2.74. The van der Waals surface area contributed by atoms with Gasteiger partial charge in [-0.05, 0) is 13.0 Å². The average Bonchev–Trinajstić information content (AvgIpc) is 2.43. The number of nitrogens with zero attached hydrogens (tertiary/aromatic N) is 2. The maximum Gasteiger partial charge on any atom is 0.270 e. The molecule has 2 amide bonds. The van der Waals surface area contributed by atoms with E-state index in [1.165, 1.54) is 17.0 Å². The summed E-state index contributed by atoms with van der Waals surface area (Å²) in [7, 11) is 1.62. The lowest BCUT2D eigenvalue weighted by Crippen LogP contribution is -2.38. The highest BCUT2D eigenvalue weighted by molar-refractivity contribution is 6.34. The van der Waals surface area contributed by atoms with Crippen LogP contribution in [0.5, 0.6) is 0 Å². The minimum atomic E-state index is -0.604. The van der Waals surface area contributed by atoms with Gasteiger partial charge in [0, 0.05) is 25.7 Å². The summed E-state index contributed by atoms with van der Waals surface area (Å²) in [6.07, 6.45) is 0. The molecule has 0 aliphatic carbocycles. The van der Waals surface area contributed by atoms with E-state index in [1.54, 1.807) is 7.05 Å². The van der Waals surface area contributed by atoms with Gasteiger partial charge in [0.1, 0.15) is 0 Å². The standard InChI is InChI=1S/C12H14ClN3O4/c1-3-15(2)11(17)7-14-12(18)9-5-4-8(16(19)20)6-10(9)13/h4-6H,3,7H2,1-2H3,(H,14,18). The number of amides is 2. The largest absolute Gasteiger partial charge is 0.345 e. The molecule has 0 spiro atoms. The first-order valence-electron chi connectivity index (χ1n) is 5.83. The Morgan fingerprint density at radius 1 is 1.45 bits per heavy atom. The predicted octanol–water partition coefficient (Wildman–Crippen LogP) is 1.46. The quantitative estimate of drug-likeness (QED) is 0.658. The number of carbonyl (C=O) groups is 2. The summed E-state index contributed by atoms with van der Waals surface area (Å²) >= 11 is 5.81. The summed E-state index contributed by atoms with van der Waals surface area (Å²) in [6.45, 7) is 2.19. The molecule has 1 N–H and O–H groups in total. The van der Waals surface area contributed by atoms with Crippen LogP contribution in [-0.4, -0.2) is 41.8 Å². The zero-order valence-electron chi connectivity index (χ0n) is 11.1. The molecule has 0 saturated heterocycles. The van der Waals surface area contributed by atoms with Crippen LogP contribution in [0, 0.1) is 10.1 Å². The minimum absolute atomic E-state index is 0.0343. The Hall–Kier alpha value is -2.15. The molecule has 0 heterocycles. The molecule has 8 heteroatoms. The Bertz CT molecular complexity index is 548. The van der Waals surface area contributed by atoms with Crippen LogP contribution in [0.2, 0.25) is 5.02 Å². The maximum absolute atomic E-state index is 11.8. The van der Waals surface area contributed by atoms with Gasteiger partial charge < -0.3 is 10.2 Å². The third-order valence-corrected chi connectivity index (χ3v) is 3.02. The summed E-state index contributed by atoms with van der Waals surface area (Å²) < 4.78 is 0. The lowest BCUT2D eigenvalue weighted by atomic mass is 10.2. The van der Waals surface area contributed by atoms with E-state index in [9.17, 15) is 19.7 Å². The molecule has 0 bridgehead atoms. The number of halogens is 1. The summed E-state index contributed by atoms with van der Waals surface area (Å²) in [4.78, 5) is 34.8. The van der Waals surface area contributed by atoms with Crippen molar-refractivity contribution in [3.05, 3.63) is 38.9 Å². The van der Waals surface area contributed by atoms with E-state index >= 15 is 0 Å². The Morgan fingerprint density at radius 2 is 2.10 bits per heavy atom. The topological polar surface area (TPSA) is 92.6 Å². The van der Waals surface area contributed by atoms with Crippen molar-refractivity contribution >= 4 is 29.1 Å². The third-order valence-electron chi connectivity index (χ3n) is 2.71. The third kappa shape index (κ3) is 3.92. The van der Waals surface area contributed by atoms with E-state index in [1.807, 2.05) is 6.92 Å². The second kappa shape index (κ2) is 6.85. The van der Waals surface area contributed by atoms with Gasteiger partial charge in [0.2, 0.25) is 5.91 Å². The summed E-state index contributed by atoms with van der Waals surface area (Å²) in [6, 6.07) is 3.53. The molecule has 0 aliphatic heterocycles. The Morgan fingerprint density at radius 3 is 2.60 bits per heavy atom. The van der Waals surface area contributed by atoms with Crippen LogP contribution < -0.4 is 5.32 Å². The molecule has 0 aliphatic rings. The van der Waals surface area contributed by atoms with E-state index in [0.717, 1.165) is 6.07 Å². The number of nitro benzene ring substituents is 1. The van der Waals surface area contributed by atoms with Gasteiger partial charge in [-0.15, -0.1) is 0 Å². The van der Waals surface area contributed by atoms with Crippen LogP contribution in [0.4, 0.5) is 5.69 Å². The van der Waals surface area contributed by atoms with Crippen LogP contribution >= 0.6 is 11.6 Å². The van der Waals surface area contributed by atoms with E-state index in [0.29, 0.717) is 6.54 Å². The molecule has 0 radical (unpaired) electrons. The monoisotopic (exact) mass is 299 g/mol. The lowest BCUT2D eigenvalue weighted by Gasteiger charge is -2.14. The van der Waals surface area contributed by atoms with Gasteiger partial charge in [0.15, 0.2) is 0 Å². The lowest BCUT2D eigenvalue weighted by molar-refractivity contribution is -0.384. The summed E-state index contributed by atoms with van der Waals surface area (Å²) in [5.74, 6) is -0.790. The molecule has 1 aromatic rings. The molecular formula is C12H14ClN3O4. The second-order valence-electron chi connectivity index (χ2n) is 4.01. The number of hydrogen-bond donors (Lipinski definition) is 1. The minimum Gasteiger partial charge on any atom is -0.345 e. The molecule has 0 unspecified atom stereocenters. The van der Waals surface area contributed by atoms with Crippen LogP contribution in [0.25, 0.3) is 0 Å². The first kappa shape index (κ1) is 15.9. The average molecular weight is 300 g/mol. The van der Waals surface area contributed by atoms with Crippen LogP contribution in [0.1, 0.15) is 17.3 Å². The normalized spacial score (nSPS) is 9.95. The summed E-state index contributed by atoms with van der Waals surface area (Å²) in [5.41, 5.74) is -0.113. The fourth-order valence-electron chi connectivity index (χ4n) is 1.36. The molecule has 20 heavy (non-hydrogen) atoms.